The van der Waals surface area contributed by atoms with Crippen molar-refractivity contribution in [3.63, 3.8) is 0 Å². The predicted molar refractivity (Wildman–Crippen MR) is 115 cm³/mol. The Morgan fingerprint density at radius 1 is 1.24 bits per heavy atom. The van der Waals surface area contributed by atoms with Crippen LogP contribution in [-0.4, -0.2) is 28.6 Å². The molecule has 0 spiro atoms. The highest BCUT2D eigenvalue weighted by Crippen LogP contribution is 2.33. The van der Waals surface area contributed by atoms with Crippen LogP contribution in [0.2, 0.25) is 0 Å². The first kappa shape index (κ1) is 19.6. The summed E-state index contributed by atoms with van der Waals surface area (Å²) >= 11 is 1.64. The molecule has 3 aromatic rings. The number of amides is 1. The SMILES string of the molecule is Cc1ccc(OCCNC(=O)CCn2cnc3sc4c(c3c2=O)CCCC4)cc1. The zero-order valence-corrected chi connectivity index (χ0v) is 17.4. The van der Waals surface area contributed by atoms with E-state index in [1.54, 1.807) is 22.2 Å². The molecule has 0 aliphatic heterocycles. The van der Waals surface area contributed by atoms with E-state index in [1.165, 1.54) is 22.4 Å². The fourth-order valence-electron chi connectivity index (χ4n) is 3.64. The summed E-state index contributed by atoms with van der Waals surface area (Å²) in [7, 11) is 0. The summed E-state index contributed by atoms with van der Waals surface area (Å²) in [6, 6.07) is 7.80. The molecule has 4 rings (SSSR count). The number of hydrogen-bond acceptors (Lipinski definition) is 5. The smallest absolute Gasteiger partial charge is 0.262 e. The topological polar surface area (TPSA) is 73.2 Å². The van der Waals surface area contributed by atoms with Gasteiger partial charge in [0.2, 0.25) is 5.91 Å². The average Bonchev–Trinajstić information content (AvgIpc) is 3.11. The average molecular weight is 412 g/mol. The highest BCUT2D eigenvalue weighted by atomic mass is 32.1. The Morgan fingerprint density at radius 3 is 2.86 bits per heavy atom. The number of ether oxygens (including phenoxy) is 1. The number of aryl methyl sites for hydroxylation is 4. The molecular formula is C22H25N3O3S. The minimum Gasteiger partial charge on any atom is -0.492 e. The van der Waals surface area contributed by atoms with Crippen molar-refractivity contribution >= 4 is 27.5 Å². The molecule has 29 heavy (non-hydrogen) atoms. The Labute approximate surface area is 173 Å². The second-order valence-corrected chi connectivity index (χ2v) is 8.48. The number of aromatic nitrogens is 2. The first-order valence-electron chi connectivity index (χ1n) is 10.1. The largest absolute Gasteiger partial charge is 0.492 e. The van der Waals surface area contributed by atoms with Crippen molar-refractivity contribution in [2.75, 3.05) is 13.2 Å². The van der Waals surface area contributed by atoms with Gasteiger partial charge in [0, 0.05) is 17.8 Å². The fraction of sp³-hybridized carbons (Fsp3) is 0.409. The van der Waals surface area contributed by atoms with Crippen molar-refractivity contribution in [1.82, 2.24) is 14.9 Å². The van der Waals surface area contributed by atoms with Gasteiger partial charge < -0.3 is 10.1 Å². The maximum atomic E-state index is 12.9. The van der Waals surface area contributed by atoms with E-state index in [9.17, 15) is 9.59 Å². The molecule has 6 nitrogen and oxygen atoms in total. The monoisotopic (exact) mass is 411 g/mol. The zero-order chi connectivity index (χ0) is 20.2. The molecule has 0 saturated heterocycles. The van der Waals surface area contributed by atoms with Crippen molar-refractivity contribution in [2.45, 2.75) is 45.6 Å². The molecule has 2 heterocycles. The highest BCUT2D eigenvalue weighted by Gasteiger charge is 2.20. The van der Waals surface area contributed by atoms with E-state index >= 15 is 0 Å². The van der Waals surface area contributed by atoms with Crippen LogP contribution in [0.25, 0.3) is 10.2 Å². The van der Waals surface area contributed by atoms with Crippen LogP contribution < -0.4 is 15.6 Å². The van der Waals surface area contributed by atoms with Gasteiger partial charge in [-0.1, -0.05) is 17.7 Å². The minimum atomic E-state index is -0.100. The van der Waals surface area contributed by atoms with E-state index in [2.05, 4.69) is 10.3 Å². The lowest BCUT2D eigenvalue weighted by molar-refractivity contribution is -0.121. The number of rotatable bonds is 7. The third-order valence-corrected chi connectivity index (χ3v) is 6.44. The van der Waals surface area contributed by atoms with Crippen LogP contribution in [0.15, 0.2) is 35.4 Å². The van der Waals surface area contributed by atoms with Crippen LogP contribution in [0.5, 0.6) is 5.75 Å². The van der Waals surface area contributed by atoms with Gasteiger partial charge in [-0.3, -0.25) is 14.2 Å². The molecule has 0 fully saturated rings. The van der Waals surface area contributed by atoms with Crippen LogP contribution >= 0.6 is 11.3 Å². The Morgan fingerprint density at radius 2 is 2.03 bits per heavy atom. The Balaban J connectivity index is 1.30. The van der Waals surface area contributed by atoms with Crippen LogP contribution in [-0.2, 0) is 24.2 Å². The number of carbonyl (C=O) groups excluding carboxylic acids is 1. The molecule has 0 atom stereocenters. The number of fused-ring (bicyclic) bond motifs is 3. The van der Waals surface area contributed by atoms with Gasteiger partial charge >= 0.3 is 0 Å². The number of nitrogens with zero attached hydrogens (tertiary/aromatic N) is 2. The van der Waals surface area contributed by atoms with E-state index in [0.717, 1.165) is 35.2 Å². The van der Waals surface area contributed by atoms with Crippen LogP contribution in [0.3, 0.4) is 0 Å². The van der Waals surface area contributed by atoms with Gasteiger partial charge in [0.15, 0.2) is 0 Å². The molecule has 1 aliphatic carbocycles. The van der Waals surface area contributed by atoms with Crippen LogP contribution in [0, 0.1) is 6.92 Å². The lowest BCUT2D eigenvalue weighted by Crippen LogP contribution is -2.30. The summed E-state index contributed by atoms with van der Waals surface area (Å²) in [5, 5.41) is 3.60. The summed E-state index contributed by atoms with van der Waals surface area (Å²) in [5.74, 6) is 0.687. The number of hydrogen-bond donors (Lipinski definition) is 1. The molecular weight excluding hydrogens is 386 g/mol. The predicted octanol–water partition coefficient (Wildman–Crippen LogP) is 3.23. The second kappa shape index (κ2) is 8.78. The highest BCUT2D eigenvalue weighted by molar-refractivity contribution is 7.18. The summed E-state index contributed by atoms with van der Waals surface area (Å²) in [4.78, 5) is 31.6. The Hall–Kier alpha value is -2.67. The fourth-order valence-corrected chi connectivity index (χ4v) is 4.86. The zero-order valence-electron chi connectivity index (χ0n) is 16.6. The molecule has 0 radical (unpaired) electrons. The number of benzene rings is 1. The van der Waals surface area contributed by atoms with E-state index in [4.69, 9.17) is 4.74 Å². The summed E-state index contributed by atoms with van der Waals surface area (Å²) in [5.41, 5.74) is 2.34. The van der Waals surface area contributed by atoms with Gasteiger partial charge in [-0.25, -0.2) is 4.98 Å². The Kier molecular flexibility index (Phi) is 5.94. The molecule has 2 aromatic heterocycles. The molecule has 1 N–H and O–H groups in total. The van der Waals surface area contributed by atoms with E-state index in [0.29, 0.717) is 19.7 Å². The molecule has 7 heteroatoms. The molecule has 1 amide bonds. The van der Waals surface area contributed by atoms with Gasteiger partial charge in [-0.15, -0.1) is 11.3 Å². The molecule has 0 bridgehead atoms. The number of thiophene rings is 1. The standard InChI is InChI=1S/C22H25N3O3S/c1-15-6-8-16(9-7-15)28-13-11-23-19(26)10-12-25-14-24-21-20(22(25)27)17-4-2-3-5-18(17)29-21/h6-9,14H,2-5,10-13H2,1H3,(H,23,26). The van der Waals surface area contributed by atoms with Crippen molar-refractivity contribution in [3.05, 3.63) is 57.0 Å². The van der Waals surface area contributed by atoms with Gasteiger partial charge in [0.25, 0.3) is 5.56 Å². The van der Waals surface area contributed by atoms with Crippen LogP contribution in [0.1, 0.15) is 35.3 Å². The lowest BCUT2D eigenvalue weighted by atomic mass is 9.97. The summed E-state index contributed by atoms with van der Waals surface area (Å²) < 4.78 is 7.17. The third-order valence-electron chi connectivity index (χ3n) is 5.24. The third kappa shape index (κ3) is 4.50. The van der Waals surface area contributed by atoms with Gasteiger partial charge in [-0.05, 0) is 50.3 Å². The first-order valence-corrected chi connectivity index (χ1v) is 10.9. The summed E-state index contributed by atoms with van der Waals surface area (Å²) in [6.45, 7) is 3.19. The summed E-state index contributed by atoms with van der Waals surface area (Å²) in [6.07, 6.45) is 6.12. The maximum absolute atomic E-state index is 12.9. The molecule has 1 aliphatic rings. The molecule has 152 valence electrons. The Bertz CT molecular complexity index is 1070. The van der Waals surface area contributed by atoms with E-state index < -0.39 is 0 Å². The van der Waals surface area contributed by atoms with Gasteiger partial charge in [0.05, 0.1) is 18.3 Å². The van der Waals surface area contributed by atoms with E-state index in [1.807, 2.05) is 31.2 Å². The van der Waals surface area contributed by atoms with E-state index in [-0.39, 0.29) is 17.9 Å². The second-order valence-electron chi connectivity index (χ2n) is 7.40. The number of nitrogens with one attached hydrogen (secondary N) is 1. The van der Waals surface area contributed by atoms with Crippen molar-refractivity contribution in [2.24, 2.45) is 0 Å². The maximum Gasteiger partial charge on any atom is 0.262 e. The normalized spacial score (nSPS) is 13.3. The van der Waals surface area contributed by atoms with Crippen molar-refractivity contribution in [1.29, 1.82) is 0 Å². The van der Waals surface area contributed by atoms with Crippen LogP contribution in [0.4, 0.5) is 0 Å². The van der Waals surface area contributed by atoms with Crippen molar-refractivity contribution < 1.29 is 9.53 Å². The molecule has 1 aromatic carbocycles. The van der Waals surface area contributed by atoms with Crippen molar-refractivity contribution in [3.8, 4) is 5.75 Å². The quantitative estimate of drug-likeness (QED) is 0.606. The van der Waals surface area contributed by atoms with Gasteiger partial charge in [-0.2, -0.15) is 0 Å². The van der Waals surface area contributed by atoms with Gasteiger partial charge in [0.1, 0.15) is 17.2 Å². The number of carbonyl (C=O) groups is 1. The lowest BCUT2D eigenvalue weighted by Gasteiger charge is -2.11. The minimum absolute atomic E-state index is 0.0232. The molecule has 0 unspecified atom stereocenters. The first-order chi connectivity index (χ1) is 14.1. The molecule has 0 saturated carbocycles.